The summed E-state index contributed by atoms with van der Waals surface area (Å²) in [4.78, 5) is 12.6. The zero-order chi connectivity index (χ0) is 18.0. The van der Waals surface area contributed by atoms with Crippen molar-refractivity contribution in [1.82, 2.24) is 4.31 Å². The first-order valence-electron chi connectivity index (χ1n) is 7.74. The summed E-state index contributed by atoms with van der Waals surface area (Å²) < 4.78 is 40.2. The molecular formula is C17H16BrFN2O3S. The summed E-state index contributed by atoms with van der Waals surface area (Å²) >= 11 is 3.28. The summed E-state index contributed by atoms with van der Waals surface area (Å²) in [6.07, 6.45) is 1.68. The van der Waals surface area contributed by atoms with Gasteiger partial charge in [0.1, 0.15) is 5.82 Å². The molecule has 25 heavy (non-hydrogen) atoms. The van der Waals surface area contributed by atoms with Crippen LogP contribution in [-0.4, -0.2) is 31.7 Å². The molecule has 5 nitrogen and oxygen atoms in total. The Morgan fingerprint density at radius 2 is 1.72 bits per heavy atom. The molecule has 0 radical (unpaired) electrons. The molecule has 1 aliphatic rings. The number of rotatable bonds is 4. The van der Waals surface area contributed by atoms with E-state index >= 15 is 0 Å². The molecule has 0 aliphatic carbocycles. The van der Waals surface area contributed by atoms with E-state index in [4.69, 9.17) is 0 Å². The van der Waals surface area contributed by atoms with E-state index in [1.54, 1.807) is 6.07 Å². The zero-order valence-corrected chi connectivity index (χ0v) is 15.6. The van der Waals surface area contributed by atoms with Crippen LogP contribution in [-0.2, 0) is 10.0 Å². The number of nitrogens with one attached hydrogen (secondary N) is 1. The van der Waals surface area contributed by atoms with Crippen molar-refractivity contribution in [3.63, 3.8) is 0 Å². The second kappa shape index (κ2) is 7.23. The second-order valence-corrected chi connectivity index (χ2v) is 8.51. The van der Waals surface area contributed by atoms with Crippen molar-refractivity contribution >= 4 is 37.5 Å². The highest BCUT2D eigenvalue weighted by molar-refractivity contribution is 9.10. The predicted octanol–water partition coefficient (Wildman–Crippen LogP) is 3.63. The van der Waals surface area contributed by atoms with Crippen LogP contribution in [0.15, 0.2) is 51.8 Å². The molecule has 1 amide bonds. The van der Waals surface area contributed by atoms with Crippen LogP contribution in [0.3, 0.4) is 0 Å². The Bertz CT molecular complexity index is 895. The summed E-state index contributed by atoms with van der Waals surface area (Å²) in [6, 6.07) is 9.72. The van der Waals surface area contributed by atoms with Crippen LogP contribution in [0.5, 0.6) is 0 Å². The first-order valence-corrected chi connectivity index (χ1v) is 9.98. The maximum absolute atomic E-state index is 13.0. The SMILES string of the molecule is O=C(Nc1ccc(F)cc1)c1cc(S(=O)(=O)N2CCCC2)ccc1Br. The predicted molar refractivity (Wildman–Crippen MR) is 96.5 cm³/mol. The van der Waals surface area contributed by atoms with Crippen LogP contribution in [0, 0.1) is 5.82 Å². The smallest absolute Gasteiger partial charge is 0.256 e. The topological polar surface area (TPSA) is 66.5 Å². The minimum atomic E-state index is -3.61. The molecule has 0 spiro atoms. The van der Waals surface area contributed by atoms with Crippen LogP contribution in [0.25, 0.3) is 0 Å². The third-order valence-electron chi connectivity index (χ3n) is 3.99. The Labute approximate surface area is 154 Å². The van der Waals surface area contributed by atoms with Crippen LogP contribution in [0.2, 0.25) is 0 Å². The average Bonchev–Trinajstić information content (AvgIpc) is 3.12. The lowest BCUT2D eigenvalue weighted by atomic mass is 10.2. The first-order chi connectivity index (χ1) is 11.9. The average molecular weight is 427 g/mol. The molecular weight excluding hydrogens is 411 g/mol. The van der Waals surface area contributed by atoms with E-state index in [0.717, 1.165) is 12.8 Å². The molecule has 0 atom stereocenters. The number of sulfonamides is 1. The van der Waals surface area contributed by atoms with Gasteiger partial charge in [-0.25, -0.2) is 12.8 Å². The van der Waals surface area contributed by atoms with Crippen molar-refractivity contribution < 1.29 is 17.6 Å². The lowest BCUT2D eigenvalue weighted by molar-refractivity contribution is 0.102. The molecule has 1 N–H and O–H groups in total. The molecule has 0 bridgehead atoms. The summed E-state index contributed by atoms with van der Waals surface area (Å²) in [6.45, 7) is 0.991. The lowest BCUT2D eigenvalue weighted by Crippen LogP contribution is -2.28. The van der Waals surface area contributed by atoms with Gasteiger partial charge in [0.25, 0.3) is 5.91 Å². The largest absolute Gasteiger partial charge is 0.322 e. The minimum Gasteiger partial charge on any atom is -0.322 e. The molecule has 1 aliphatic heterocycles. The van der Waals surface area contributed by atoms with Gasteiger partial charge < -0.3 is 5.32 Å². The van der Waals surface area contributed by atoms with Crippen molar-refractivity contribution in [3.8, 4) is 0 Å². The van der Waals surface area contributed by atoms with Gasteiger partial charge in [0.15, 0.2) is 0 Å². The molecule has 0 saturated carbocycles. The molecule has 8 heteroatoms. The van der Waals surface area contributed by atoms with E-state index in [-0.39, 0.29) is 10.5 Å². The fraction of sp³-hybridized carbons (Fsp3) is 0.235. The Kier molecular flexibility index (Phi) is 5.21. The standard InChI is InChI=1S/C17H16BrFN2O3S/c18-16-8-7-14(25(23,24)21-9-1-2-10-21)11-15(16)17(22)20-13-5-3-12(19)4-6-13/h3-8,11H,1-2,9-10H2,(H,20,22). The van der Waals surface area contributed by atoms with E-state index in [2.05, 4.69) is 21.2 Å². The summed E-state index contributed by atoms with van der Waals surface area (Å²) in [5.41, 5.74) is 0.621. The van der Waals surface area contributed by atoms with E-state index in [1.807, 2.05) is 0 Å². The van der Waals surface area contributed by atoms with Gasteiger partial charge in [-0.15, -0.1) is 0 Å². The lowest BCUT2D eigenvalue weighted by Gasteiger charge is -2.16. The Morgan fingerprint density at radius 1 is 1.08 bits per heavy atom. The quantitative estimate of drug-likeness (QED) is 0.811. The van der Waals surface area contributed by atoms with Crippen molar-refractivity contribution in [2.45, 2.75) is 17.7 Å². The molecule has 0 aromatic heterocycles. The van der Waals surface area contributed by atoms with Gasteiger partial charge in [-0.3, -0.25) is 4.79 Å². The molecule has 3 rings (SSSR count). The van der Waals surface area contributed by atoms with Crippen molar-refractivity contribution in [1.29, 1.82) is 0 Å². The number of benzene rings is 2. The number of hydrogen-bond donors (Lipinski definition) is 1. The monoisotopic (exact) mass is 426 g/mol. The molecule has 0 unspecified atom stereocenters. The molecule has 1 heterocycles. The normalized spacial score (nSPS) is 15.3. The van der Waals surface area contributed by atoms with Gasteiger partial charge in [-0.05, 0) is 71.2 Å². The molecule has 1 saturated heterocycles. The third-order valence-corrected chi connectivity index (χ3v) is 6.57. The van der Waals surface area contributed by atoms with Gasteiger partial charge in [0.2, 0.25) is 10.0 Å². The van der Waals surface area contributed by atoms with Crippen molar-refractivity contribution in [2.75, 3.05) is 18.4 Å². The summed E-state index contributed by atoms with van der Waals surface area (Å²) in [7, 11) is -3.61. The Morgan fingerprint density at radius 3 is 2.36 bits per heavy atom. The van der Waals surface area contributed by atoms with Crippen LogP contribution in [0.4, 0.5) is 10.1 Å². The van der Waals surface area contributed by atoms with Crippen LogP contribution >= 0.6 is 15.9 Å². The highest BCUT2D eigenvalue weighted by Crippen LogP contribution is 2.26. The van der Waals surface area contributed by atoms with Gasteiger partial charge in [-0.2, -0.15) is 4.31 Å². The summed E-state index contributed by atoms with van der Waals surface area (Å²) in [5, 5.41) is 2.63. The van der Waals surface area contributed by atoms with Crippen molar-refractivity contribution in [2.24, 2.45) is 0 Å². The van der Waals surface area contributed by atoms with E-state index in [1.165, 1.54) is 40.7 Å². The van der Waals surface area contributed by atoms with Gasteiger partial charge in [0.05, 0.1) is 10.5 Å². The zero-order valence-electron chi connectivity index (χ0n) is 13.2. The Balaban J connectivity index is 1.88. The first kappa shape index (κ1) is 18.0. The van der Waals surface area contributed by atoms with Crippen LogP contribution in [0.1, 0.15) is 23.2 Å². The number of nitrogens with zero attached hydrogens (tertiary/aromatic N) is 1. The van der Waals surface area contributed by atoms with Gasteiger partial charge in [-0.1, -0.05) is 0 Å². The maximum atomic E-state index is 13.0. The molecule has 132 valence electrons. The molecule has 2 aromatic carbocycles. The molecule has 1 fully saturated rings. The third kappa shape index (κ3) is 3.91. The number of halogens is 2. The minimum absolute atomic E-state index is 0.0851. The van der Waals surface area contributed by atoms with Gasteiger partial charge >= 0.3 is 0 Å². The second-order valence-electron chi connectivity index (χ2n) is 5.71. The fourth-order valence-corrected chi connectivity index (χ4v) is 4.62. The number of anilines is 1. The number of carbonyl (C=O) groups is 1. The van der Waals surface area contributed by atoms with E-state index in [9.17, 15) is 17.6 Å². The number of carbonyl (C=O) groups excluding carboxylic acids is 1. The highest BCUT2D eigenvalue weighted by Gasteiger charge is 2.28. The highest BCUT2D eigenvalue weighted by atomic mass is 79.9. The number of hydrogen-bond acceptors (Lipinski definition) is 3. The van der Waals surface area contributed by atoms with Crippen LogP contribution < -0.4 is 5.32 Å². The molecule has 2 aromatic rings. The summed E-state index contributed by atoms with van der Waals surface area (Å²) in [5.74, 6) is -0.880. The maximum Gasteiger partial charge on any atom is 0.256 e. The van der Waals surface area contributed by atoms with Crippen molar-refractivity contribution in [3.05, 3.63) is 58.3 Å². The van der Waals surface area contributed by atoms with E-state index in [0.29, 0.717) is 23.2 Å². The van der Waals surface area contributed by atoms with Gasteiger partial charge in [0, 0.05) is 23.2 Å². The van der Waals surface area contributed by atoms with E-state index < -0.39 is 21.7 Å². The fourth-order valence-electron chi connectivity index (χ4n) is 2.65. The Hall–Kier alpha value is -1.77. The number of amides is 1.